The summed E-state index contributed by atoms with van der Waals surface area (Å²) >= 11 is 5.96. The van der Waals surface area contributed by atoms with Crippen molar-refractivity contribution < 1.29 is 9.53 Å². The summed E-state index contributed by atoms with van der Waals surface area (Å²) in [6.45, 7) is 1.82. The van der Waals surface area contributed by atoms with Crippen molar-refractivity contribution in [1.29, 1.82) is 0 Å². The summed E-state index contributed by atoms with van der Waals surface area (Å²) in [5.74, 6) is -0.229. The summed E-state index contributed by atoms with van der Waals surface area (Å²) in [6, 6.07) is 5.86. The third-order valence-electron chi connectivity index (χ3n) is 3.19. The molecule has 4 heteroatoms. The van der Waals surface area contributed by atoms with Gasteiger partial charge in [0, 0.05) is 11.1 Å². The Balaban J connectivity index is 2.09. The molecule has 2 unspecified atom stereocenters. The first kappa shape index (κ1) is 12.4. The second-order valence-electron chi connectivity index (χ2n) is 4.35. The van der Waals surface area contributed by atoms with Crippen LogP contribution in [0, 0.1) is 0 Å². The fourth-order valence-electron chi connectivity index (χ4n) is 2.31. The van der Waals surface area contributed by atoms with Crippen molar-refractivity contribution in [2.45, 2.75) is 31.8 Å². The minimum Gasteiger partial charge on any atom is -0.468 e. The van der Waals surface area contributed by atoms with Gasteiger partial charge in [0.25, 0.3) is 0 Å². The van der Waals surface area contributed by atoms with Gasteiger partial charge in [-0.25, -0.2) is 0 Å². The molecular formula is C13H16ClNO2. The third-order valence-corrected chi connectivity index (χ3v) is 3.42. The van der Waals surface area contributed by atoms with Gasteiger partial charge in [-0.3, -0.25) is 10.1 Å². The van der Waals surface area contributed by atoms with Crippen LogP contribution in [0.25, 0.3) is 0 Å². The highest BCUT2D eigenvalue weighted by molar-refractivity contribution is 6.30. The molecule has 0 saturated heterocycles. The van der Waals surface area contributed by atoms with E-state index < -0.39 is 0 Å². The van der Waals surface area contributed by atoms with Crippen LogP contribution in [0.15, 0.2) is 18.2 Å². The number of fused-ring (bicyclic) bond motifs is 1. The van der Waals surface area contributed by atoms with Crippen LogP contribution in [0.4, 0.5) is 0 Å². The maximum atomic E-state index is 11.4. The van der Waals surface area contributed by atoms with E-state index in [1.807, 2.05) is 25.1 Å². The first-order valence-corrected chi connectivity index (χ1v) is 6.12. The number of carbonyl (C=O) groups excluding carboxylic acids is 1. The van der Waals surface area contributed by atoms with Crippen LogP contribution in [0.3, 0.4) is 0 Å². The van der Waals surface area contributed by atoms with Gasteiger partial charge in [-0.1, -0.05) is 17.7 Å². The van der Waals surface area contributed by atoms with Gasteiger partial charge in [0.05, 0.1) is 7.11 Å². The fourth-order valence-corrected chi connectivity index (χ4v) is 2.50. The number of esters is 1. The SMILES string of the molecule is COC(=O)C(C)NC1CCc2cc(Cl)ccc21. The lowest BCUT2D eigenvalue weighted by Crippen LogP contribution is -2.36. The number of aryl methyl sites for hydroxylation is 1. The molecule has 17 heavy (non-hydrogen) atoms. The standard InChI is InChI=1S/C13H16ClNO2/c1-8(13(16)17-2)15-12-6-3-9-7-10(14)4-5-11(9)12/h4-5,7-8,12,15H,3,6H2,1-2H3. The molecule has 1 aromatic carbocycles. The second kappa shape index (κ2) is 5.07. The Bertz CT molecular complexity index is 433. The first-order valence-electron chi connectivity index (χ1n) is 5.74. The molecule has 2 rings (SSSR count). The van der Waals surface area contributed by atoms with Crippen LogP contribution < -0.4 is 5.32 Å². The smallest absolute Gasteiger partial charge is 0.322 e. The summed E-state index contributed by atoms with van der Waals surface area (Å²) < 4.78 is 4.71. The van der Waals surface area contributed by atoms with Gasteiger partial charge in [0.15, 0.2) is 0 Å². The molecule has 0 heterocycles. The predicted octanol–water partition coefficient (Wildman–Crippen LogP) is 2.48. The number of benzene rings is 1. The van der Waals surface area contributed by atoms with E-state index in [4.69, 9.17) is 16.3 Å². The zero-order valence-electron chi connectivity index (χ0n) is 10.00. The average molecular weight is 254 g/mol. The van der Waals surface area contributed by atoms with E-state index in [1.165, 1.54) is 18.2 Å². The molecule has 0 fully saturated rings. The average Bonchev–Trinajstić information content (AvgIpc) is 2.70. The summed E-state index contributed by atoms with van der Waals surface area (Å²) in [6.07, 6.45) is 2.00. The predicted molar refractivity (Wildman–Crippen MR) is 67.1 cm³/mol. The van der Waals surface area contributed by atoms with E-state index >= 15 is 0 Å². The molecule has 1 aliphatic carbocycles. The molecule has 0 aromatic heterocycles. The van der Waals surface area contributed by atoms with Gasteiger partial charge in [-0.15, -0.1) is 0 Å². The van der Waals surface area contributed by atoms with E-state index in [2.05, 4.69) is 5.32 Å². The Morgan fingerprint density at radius 1 is 1.59 bits per heavy atom. The van der Waals surface area contributed by atoms with E-state index in [0.29, 0.717) is 0 Å². The molecule has 0 spiro atoms. The zero-order chi connectivity index (χ0) is 12.4. The maximum Gasteiger partial charge on any atom is 0.322 e. The number of hydrogen-bond acceptors (Lipinski definition) is 3. The van der Waals surface area contributed by atoms with Gasteiger partial charge in [0.2, 0.25) is 0 Å². The molecule has 1 aliphatic rings. The maximum absolute atomic E-state index is 11.4. The lowest BCUT2D eigenvalue weighted by molar-refractivity contribution is -0.142. The van der Waals surface area contributed by atoms with Crippen molar-refractivity contribution >= 4 is 17.6 Å². The van der Waals surface area contributed by atoms with Crippen molar-refractivity contribution in [2.75, 3.05) is 7.11 Å². The highest BCUT2D eigenvalue weighted by Crippen LogP contribution is 2.33. The number of ether oxygens (including phenoxy) is 1. The van der Waals surface area contributed by atoms with E-state index in [0.717, 1.165) is 17.9 Å². The molecule has 0 bridgehead atoms. The number of rotatable bonds is 3. The Kier molecular flexibility index (Phi) is 3.69. The lowest BCUT2D eigenvalue weighted by atomic mass is 10.1. The fraction of sp³-hybridized carbons (Fsp3) is 0.462. The molecule has 0 aliphatic heterocycles. The summed E-state index contributed by atoms with van der Waals surface area (Å²) in [7, 11) is 1.41. The van der Waals surface area contributed by atoms with Gasteiger partial charge >= 0.3 is 5.97 Å². The summed E-state index contributed by atoms with van der Waals surface area (Å²) in [5, 5.41) is 4.06. The van der Waals surface area contributed by atoms with Crippen molar-refractivity contribution in [1.82, 2.24) is 5.32 Å². The van der Waals surface area contributed by atoms with Crippen LogP contribution in [0.2, 0.25) is 5.02 Å². The first-order chi connectivity index (χ1) is 8.11. The van der Waals surface area contributed by atoms with E-state index in [9.17, 15) is 4.79 Å². The van der Waals surface area contributed by atoms with Gasteiger partial charge in [-0.2, -0.15) is 0 Å². The van der Waals surface area contributed by atoms with Gasteiger partial charge in [-0.05, 0) is 43.0 Å². The van der Waals surface area contributed by atoms with Crippen molar-refractivity contribution in [3.8, 4) is 0 Å². The molecule has 0 radical (unpaired) electrons. The van der Waals surface area contributed by atoms with Crippen molar-refractivity contribution in [3.05, 3.63) is 34.3 Å². The quantitative estimate of drug-likeness (QED) is 0.841. The largest absolute Gasteiger partial charge is 0.468 e. The van der Waals surface area contributed by atoms with Crippen LogP contribution >= 0.6 is 11.6 Å². The van der Waals surface area contributed by atoms with E-state index in [1.54, 1.807) is 0 Å². The van der Waals surface area contributed by atoms with Crippen LogP contribution in [0.1, 0.15) is 30.5 Å². The van der Waals surface area contributed by atoms with Crippen molar-refractivity contribution in [3.63, 3.8) is 0 Å². The zero-order valence-corrected chi connectivity index (χ0v) is 10.8. The minimum atomic E-state index is -0.286. The minimum absolute atomic E-state index is 0.219. The summed E-state index contributed by atoms with van der Waals surface area (Å²) in [5.41, 5.74) is 2.51. The van der Waals surface area contributed by atoms with E-state index in [-0.39, 0.29) is 18.1 Å². The van der Waals surface area contributed by atoms with Gasteiger partial charge < -0.3 is 4.74 Å². The molecule has 2 atom stereocenters. The molecular weight excluding hydrogens is 238 g/mol. The number of hydrogen-bond donors (Lipinski definition) is 1. The second-order valence-corrected chi connectivity index (χ2v) is 4.78. The van der Waals surface area contributed by atoms with Crippen LogP contribution in [-0.4, -0.2) is 19.1 Å². The monoisotopic (exact) mass is 253 g/mol. The number of halogens is 1. The molecule has 92 valence electrons. The number of methoxy groups -OCH3 is 1. The highest BCUT2D eigenvalue weighted by atomic mass is 35.5. The number of nitrogens with one attached hydrogen (secondary N) is 1. The number of carbonyl (C=O) groups is 1. The topological polar surface area (TPSA) is 38.3 Å². The lowest BCUT2D eigenvalue weighted by Gasteiger charge is -2.18. The molecule has 0 saturated carbocycles. The van der Waals surface area contributed by atoms with Crippen LogP contribution in [-0.2, 0) is 16.0 Å². The third kappa shape index (κ3) is 2.61. The van der Waals surface area contributed by atoms with Crippen LogP contribution in [0.5, 0.6) is 0 Å². The molecule has 3 nitrogen and oxygen atoms in total. The highest BCUT2D eigenvalue weighted by Gasteiger charge is 2.25. The molecule has 1 N–H and O–H groups in total. The summed E-state index contributed by atoms with van der Waals surface area (Å²) in [4.78, 5) is 11.4. The van der Waals surface area contributed by atoms with Crippen molar-refractivity contribution in [2.24, 2.45) is 0 Å². The Labute approximate surface area is 106 Å². The Hall–Kier alpha value is -1.06. The van der Waals surface area contributed by atoms with Gasteiger partial charge in [0.1, 0.15) is 6.04 Å². The Morgan fingerprint density at radius 3 is 3.06 bits per heavy atom. The normalized spacial score (nSPS) is 19.8. The molecule has 0 amide bonds. The molecule has 1 aromatic rings. The Morgan fingerprint density at radius 2 is 2.35 bits per heavy atom.